The molecular formula is C21H17IN2O6S. The van der Waals surface area contributed by atoms with Crippen LogP contribution in [0.3, 0.4) is 0 Å². The minimum atomic E-state index is -0.994. The molecule has 0 saturated carbocycles. The highest BCUT2D eigenvalue weighted by Crippen LogP contribution is 2.35. The van der Waals surface area contributed by atoms with E-state index in [1.807, 2.05) is 0 Å². The quantitative estimate of drug-likeness (QED) is 0.246. The Hall–Kier alpha value is -2.99. The predicted molar refractivity (Wildman–Crippen MR) is 125 cm³/mol. The van der Waals surface area contributed by atoms with Crippen LogP contribution in [0.25, 0.3) is 6.08 Å². The van der Waals surface area contributed by atoms with Crippen LogP contribution in [0.1, 0.15) is 21.5 Å². The molecule has 1 heterocycles. The maximum atomic E-state index is 12.4. The summed E-state index contributed by atoms with van der Waals surface area (Å²) in [5.74, 6) is -1.13. The number of amides is 2. The average molecular weight is 552 g/mol. The Balaban J connectivity index is 1.85. The molecule has 2 aromatic carbocycles. The first-order valence-electron chi connectivity index (χ1n) is 8.89. The smallest absolute Gasteiger partial charge is 0.335 e. The molecule has 0 aromatic heterocycles. The minimum absolute atomic E-state index is 0.0406. The number of benzene rings is 2. The molecule has 0 spiro atoms. The van der Waals surface area contributed by atoms with Gasteiger partial charge in [-0.05, 0) is 76.3 Å². The van der Waals surface area contributed by atoms with Crippen LogP contribution in [0, 0.1) is 3.57 Å². The molecule has 10 heteroatoms. The lowest BCUT2D eigenvalue weighted by Gasteiger charge is -2.25. The Bertz CT molecular complexity index is 1110. The number of halogens is 1. The summed E-state index contributed by atoms with van der Waals surface area (Å²) in [5.41, 5.74) is 1.53. The van der Waals surface area contributed by atoms with E-state index in [1.54, 1.807) is 24.3 Å². The molecule has 160 valence electrons. The van der Waals surface area contributed by atoms with Gasteiger partial charge in [-0.25, -0.2) is 4.79 Å². The van der Waals surface area contributed by atoms with Crippen molar-refractivity contribution in [2.45, 2.75) is 6.61 Å². The summed E-state index contributed by atoms with van der Waals surface area (Å²) >= 11 is 7.02. The van der Waals surface area contributed by atoms with E-state index < -0.39 is 17.8 Å². The Morgan fingerprint density at radius 1 is 1.26 bits per heavy atom. The summed E-state index contributed by atoms with van der Waals surface area (Å²) in [4.78, 5) is 36.7. The topological polar surface area (TPSA) is 105 Å². The maximum Gasteiger partial charge on any atom is 0.335 e. The molecular weight excluding hydrogens is 535 g/mol. The molecule has 0 unspecified atom stereocenters. The van der Waals surface area contributed by atoms with Gasteiger partial charge in [-0.1, -0.05) is 12.1 Å². The van der Waals surface area contributed by atoms with Crippen molar-refractivity contribution in [3.63, 3.8) is 0 Å². The van der Waals surface area contributed by atoms with Crippen LogP contribution in [-0.4, -0.2) is 47.1 Å². The monoisotopic (exact) mass is 552 g/mol. The van der Waals surface area contributed by atoms with Crippen molar-refractivity contribution in [2.24, 2.45) is 0 Å². The Morgan fingerprint density at radius 2 is 1.94 bits per heavy atom. The number of ether oxygens (including phenoxy) is 2. The molecule has 0 aliphatic carbocycles. The summed E-state index contributed by atoms with van der Waals surface area (Å²) in [6.45, 7) is 0.204. The van der Waals surface area contributed by atoms with Gasteiger partial charge in [0.15, 0.2) is 16.6 Å². The van der Waals surface area contributed by atoms with Crippen molar-refractivity contribution in [3.05, 3.63) is 62.2 Å². The first kappa shape index (κ1) is 22.7. The number of hydrogen-bond acceptors (Lipinski definition) is 6. The van der Waals surface area contributed by atoms with Crippen LogP contribution >= 0.6 is 34.8 Å². The number of likely N-dealkylation sites (N-methyl/N-ethyl adjacent to an activating group) is 1. The Labute approximate surface area is 197 Å². The third kappa shape index (κ3) is 5.02. The normalized spacial score (nSPS) is 15.1. The van der Waals surface area contributed by atoms with Crippen LogP contribution in [0.4, 0.5) is 0 Å². The number of carbonyl (C=O) groups is 3. The van der Waals surface area contributed by atoms with Crippen LogP contribution in [0.2, 0.25) is 0 Å². The molecule has 2 aromatic rings. The maximum absolute atomic E-state index is 12.4. The number of aromatic carboxylic acids is 1. The standard InChI is InChI=1S/C21H17IN2O6S/c1-24-19(26)14(18(25)23-21(24)31)7-12-8-15(22)17(16(9-12)29-2)30-10-11-3-5-13(6-4-11)20(27)28/h3-9H,10H2,1-2H3,(H,27,28)(H,23,25,31)/b14-7+. The van der Waals surface area contributed by atoms with Crippen molar-refractivity contribution >= 4 is 63.8 Å². The van der Waals surface area contributed by atoms with Crippen molar-refractivity contribution in [1.82, 2.24) is 10.2 Å². The number of hydrogen-bond donors (Lipinski definition) is 2. The summed E-state index contributed by atoms with van der Waals surface area (Å²) in [6.07, 6.45) is 1.47. The summed E-state index contributed by atoms with van der Waals surface area (Å²) < 4.78 is 12.0. The van der Waals surface area contributed by atoms with Gasteiger partial charge in [-0.3, -0.25) is 19.8 Å². The lowest BCUT2D eigenvalue weighted by Crippen LogP contribution is -2.52. The SMILES string of the molecule is COc1cc(/C=C2\C(=O)NC(=S)N(C)C2=O)cc(I)c1OCc1ccc(C(=O)O)cc1. The number of methoxy groups -OCH3 is 1. The molecule has 1 saturated heterocycles. The van der Waals surface area contributed by atoms with Crippen LogP contribution < -0.4 is 14.8 Å². The van der Waals surface area contributed by atoms with Gasteiger partial charge in [-0.2, -0.15) is 0 Å². The summed E-state index contributed by atoms with van der Waals surface area (Å²) in [7, 11) is 2.98. The number of nitrogens with one attached hydrogen (secondary N) is 1. The number of thiocarbonyl (C=S) groups is 1. The van der Waals surface area contributed by atoms with Gasteiger partial charge in [-0.15, -0.1) is 0 Å². The van der Waals surface area contributed by atoms with E-state index >= 15 is 0 Å². The lowest BCUT2D eigenvalue weighted by atomic mass is 10.1. The number of rotatable bonds is 6. The molecule has 2 amide bonds. The number of carboxylic acids is 1. The minimum Gasteiger partial charge on any atom is -0.493 e. The molecule has 8 nitrogen and oxygen atoms in total. The third-order valence-corrected chi connectivity index (χ3v) is 5.63. The van der Waals surface area contributed by atoms with Gasteiger partial charge in [0, 0.05) is 7.05 Å². The molecule has 0 radical (unpaired) electrons. The fraction of sp³-hybridized carbons (Fsp3) is 0.143. The van der Waals surface area contributed by atoms with Crippen LogP contribution in [0.5, 0.6) is 11.5 Å². The molecule has 3 rings (SSSR count). The van der Waals surface area contributed by atoms with E-state index in [1.165, 1.54) is 37.3 Å². The molecule has 0 atom stereocenters. The Kier molecular flexibility index (Phi) is 6.91. The van der Waals surface area contributed by atoms with Gasteiger partial charge < -0.3 is 14.6 Å². The van der Waals surface area contributed by atoms with E-state index in [0.29, 0.717) is 20.6 Å². The van der Waals surface area contributed by atoms with E-state index in [2.05, 4.69) is 27.9 Å². The van der Waals surface area contributed by atoms with E-state index in [0.717, 1.165) is 5.56 Å². The first-order valence-corrected chi connectivity index (χ1v) is 10.4. The summed E-state index contributed by atoms with van der Waals surface area (Å²) in [5, 5.41) is 11.5. The van der Waals surface area contributed by atoms with Crippen LogP contribution in [-0.2, 0) is 16.2 Å². The van der Waals surface area contributed by atoms with Crippen molar-refractivity contribution < 1.29 is 29.0 Å². The van der Waals surface area contributed by atoms with E-state index in [-0.39, 0.29) is 22.9 Å². The number of carbonyl (C=O) groups excluding carboxylic acids is 2. The highest BCUT2D eigenvalue weighted by Gasteiger charge is 2.30. The van der Waals surface area contributed by atoms with Crippen molar-refractivity contribution in [2.75, 3.05) is 14.2 Å². The van der Waals surface area contributed by atoms with Crippen molar-refractivity contribution in [1.29, 1.82) is 0 Å². The largest absolute Gasteiger partial charge is 0.493 e. The molecule has 1 aliphatic rings. The molecule has 2 N–H and O–H groups in total. The Morgan fingerprint density at radius 3 is 2.55 bits per heavy atom. The fourth-order valence-corrected chi connectivity index (χ4v) is 3.73. The van der Waals surface area contributed by atoms with E-state index in [9.17, 15) is 14.4 Å². The van der Waals surface area contributed by atoms with Gasteiger partial charge in [0.2, 0.25) is 0 Å². The second kappa shape index (κ2) is 9.43. The average Bonchev–Trinajstić information content (AvgIpc) is 2.74. The van der Waals surface area contributed by atoms with Gasteiger partial charge in [0.25, 0.3) is 11.8 Å². The molecule has 1 aliphatic heterocycles. The van der Waals surface area contributed by atoms with Crippen LogP contribution in [0.15, 0.2) is 42.0 Å². The zero-order valence-corrected chi connectivity index (χ0v) is 19.4. The fourth-order valence-electron chi connectivity index (χ4n) is 2.77. The zero-order chi connectivity index (χ0) is 22.7. The molecule has 0 bridgehead atoms. The molecule has 31 heavy (non-hydrogen) atoms. The summed E-state index contributed by atoms with van der Waals surface area (Å²) in [6, 6.07) is 9.78. The van der Waals surface area contributed by atoms with Gasteiger partial charge in [0.05, 0.1) is 16.2 Å². The number of nitrogens with zero attached hydrogens (tertiary/aromatic N) is 1. The zero-order valence-electron chi connectivity index (χ0n) is 16.5. The van der Waals surface area contributed by atoms with Crippen molar-refractivity contribution in [3.8, 4) is 11.5 Å². The predicted octanol–water partition coefficient (Wildman–Crippen LogP) is 2.83. The number of carboxylic acid groups (broad SMARTS) is 1. The third-order valence-electron chi connectivity index (χ3n) is 4.45. The second-order valence-electron chi connectivity index (χ2n) is 6.51. The first-order chi connectivity index (χ1) is 14.7. The van der Waals surface area contributed by atoms with Gasteiger partial charge >= 0.3 is 5.97 Å². The lowest BCUT2D eigenvalue weighted by molar-refractivity contribution is -0.128. The highest BCUT2D eigenvalue weighted by atomic mass is 127. The van der Waals surface area contributed by atoms with E-state index in [4.69, 9.17) is 26.8 Å². The highest BCUT2D eigenvalue weighted by molar-refractivity contribution is 14.1. The van der Waals surface area contributed by atoms with Gasteiger partial charge in [0.1, 0.15) is 12.2 Å². The molecule has 1 fully saturated rings. The second-order valence-corrected chi connectivity index (χ2v) is 8.06.